The van der Waals surface area contributed by atoms with Gasteiger partial charge in [-0.15, -0.1) is 0 Å². The van der Waals surface area contributed by atoms with E-state index in [1.807, 2.05) is 0 Å². The quantitative estimate of drug-likeness (QED) is 0.717. The van der Waals surface area contributed by atoms with Crippen molar-refractivity contribution in [3.63, 3.8) is 0 Å². The van der Waals surface area contributed by atoms with Crippen LogP contribution in [0.1, 0.15) is 5.56 Å². The highest BCUT2D eigenvalue weighted by Crippen LogP contribution is 2.22. The highest BCUT2D eigenvalue weighted by molar-refractivity contribution is 5.37. The fraction of sp³-hybridized carbons (Fsp3) is 0.300. The van der Waals surface area contributed by atoms with Gasteiger partial charge in [0, 0.05) is 7.11 Å². The molecular weight excluding hydrogens is 204 g/mol. The smallest absolute Gasteiger partial charge is 0.201 e. The molecule has 80 valence electrons. The van der Waals surface area contributed by atoms with Crippen molar-refractivity contribution >= 4 is 0 Å². The van der Waals surface area contributed by atoms with Crippen molar-refractivity contribution in [2.24, 2.45) is 0 Å². The predicted octanol–water partition coefficient (Wildman–Crippen LogP) is 1.86. The number of methoxy groups -OCH3 is 1. The number of hydrogen-bond donors (Lipinski definition) is 0. The Balaban J connectivity index is 2.83. The maximum absolute atomic E-state index is 13.2. The SMILES string of the molecule is COCCOc1ccc(C#N)c(F)c1F. The summed E-state index contributed by atoms with van der Waals surface area (Å²) in [6.07, 6.45) is 0. The van der Waals surface area contributed by atoms with Crippen LogP contribution in [0.5, 0.6) is 5.75 Å². The van der Waals surface area contributed by atoms with Gasteiger partial charge < -0.3 is 9.47 Å². The first-order chi connectivity index (χ1) is 7.20. The van der Waals surface area contributed by atoms with E-state index in [0.717, 1.165) is 0 Å². The molecule has 0 aromatic heterocycles. The standard InChI is InChI=1S/C10H9F2NO2/c1-14-4-5-15-8-3-2-7(6-13)9(11)10(8)12/h2-3H,4-5H2,1H3. The van der Waals surface area contributed by atoms with E-state index in [-0.39, 0.29) is 24.5 Å². The van der Waals surface area contributed by atoms with Crippen molar-refractivity contribution in [3.05, 3.63) is 29.3 Å². The molecule has 0 radical (unpaired) electrons. The third-order valence-corrected chi connectivity index (χ3v) is 1.71. The molecule has 0 saturated heterocycles. The first kappa shape index (κ1) is 11.4. The van der Waals surface area contributed by atoms with Gasteiger partial charge in [0.05, 0.1) is 12.2 Å². The zero-order chi connectivity index (χ0) is 11.3. The number of halogens is 2. The summed E-state index contributed by atoms with van der Waals surface area (Å²) in [5.41, 5.74) is -0.341. The van der Waals surface area contributed by atoms with Crippen LogP contribution in [0.25, 0.3) is 0 Å². The van der Waals surface area contributed by atoms with Crippen LogP contribution in [0.4, 0.5) is 8.78 Å². The Morgan fingerprint density at radius 1 is 1.27 bits per heavy atom. The lowest BCUT2D eigenvalue weighted by molar-refractivity contribution is 0.143. The summed E-state index contributed by atoms with van der Waals surface area (Å²) < 4.78 is 35.8. The van der Waals surface area contributed by atoms with Gasteiger partial charge in [-0.2, -0.15) is 9.65 Å². The highest BCUT2D eigenvalue weighted by atomic mass is 19.2. The van der Waals surface area contributed by atoms with Crippen LogP contribution in [0.3, 0.4) is 0 Å². The largest absolute Gasteiger partial charge is 0.488 e. The molecule has 0 heterocycles. The third-order valence-electron chi connectivity index (χ3n) is 1.71. The van der Waals surface area contributed by atoms with Gasteiger partial charge in [-0.1, -0.05) is 0 Å². The number of rotatable bonds is 4. The van der Waals surface area contributed by atoms with Crippen molar-refractivity contribution < 1.29 is 18.3 Å². The molecule has 0 N–H and O–H groups in total. The summed E-state index contributed by atoms with van der Waals surface area (Å²) in [5.74, 6) is -2.55. The van der Waals surface area contributed by atoms with E-state index < -0.39 is 11.6 Å². The van der Waals surface area contributed by atoms with Gasteiger partial charge in [0.1, 0.15) is 12.7 Å². The number of ether oxygens (including phenoxy) is 2. The third kappa shape index (κ3) is 2.64. The van der Waals surface area contributed by atoms with Crippen LogP contribution in [0.2, 0.25) is 0 Å². The zero-order valence-corrected chi connectivity index (χ0v) is 8.09. The van der Waals surface area contributed by atoms with E-state index in [1.54, 1.807) is 0 Å². The summed E-state index contributed by atoms with van der Waals surface area (Å²) in [6, 6.07) is 3.92. The molecule has 15 heavy (non-hydrogen) atoms. The second kappa shape index (κ2) is 5.27. The van der Waals surface area contributed by atoms with Crippen LogP contribution in [0.15, 0.2) is 12.1 Å². The minimum atomic E-state index is -1.19. The minimum Gasteiger partial charge on any atom is -0.488 e. The summed E-state index contributed by atoms with van der Waals surface area (Å²) in [4.78, 5) is 0. The van der Waals surface area contributed by atoms with E-state index in [9.17, 15) is 8.78 Å². The van der Waals surface area contributed by atoms with Gasteiger partial charge in [0.2, 0.25) is 5.82 Å². The topological polar surface area (TPSA) is 42.2 Å². The van der Waals surface area contributed by atoms with Gasteiger partial charge in [-0.25, -0.2) is 4.39 Å². The maximum Gasteiger partial charge on any atom is 0.201 e. The number of nitriles is 1. The van der Waals surface area contributed by atoms with Crippen molar-refractivity contribution in [2.45, 2.75) is 0 Å². The number of nitrogens with zero attached hydrogens (tertiary/aromatic N) is 1. The summed E-state index contributed by atoms with van der Waals surface area (Å²) in [6.45, 7) is 0.403. The Hall–Kier alpha value is -1.67. The monoisotopic (exact) mass is 213 g/mol. The van der Waals surface area contributed by atoms with Crippen LogP contribution in [-0.2, 0) is 4.74 Å². The molecule has 0 unspecified atom stereocenters. The zero-order valence-electron chi connectivity index (χ0n) is 8.09. The fourth-order valence-corrected chi connectivity index (χ4v) is 0.965. The van der Waals surface area contributed by atoms with E-state index in [4.69, 9.17) is 10.00 Å². The van der Waals surface area contributed by atoms with E-state index in [2.05, 4.69) is 4.74 Å². The Bertz CT molecular complexity index is 388. The predicted molar refractivity (Wildman–Crippen MR) is 48.4 cm³/mol. The Morgan fingerprint density at radius 2 is 2.00 bits per heavy atom. The fourth-order valence-electron chi connectivity index (χ4n) is 0.965. The molecule has 0 aliphatic carbocycles. The molecule has 0 atom stereocenters. The van der Waals surface area contributed by atoms with Crippen LogP contribution >= 0.6 is 0 Å². The second-order valence-corrected chi connectivity index (χ2v) is 2.69. The van der Waals surface area contributed by atoms with E-state index >= 15 is 0 Å². The highest BCUT2D eigenvalue weighted by Gasteiger charge is 2.13. The van der Waals surface area contributed by atoms with Crippen molar-refractivity contribution in [2.75, 3.05) is 20.3 Å². The molecule has 0 bridgehead atoms. The average molecular weight is 213 g/mol. The Kier molecular flexibility index (Phi) is 4.01. The van der Waals surface area contributed by atoms with Crippen LogP contribution in [-0.4, -0.2) is 20.3 Å². The molecule has 1 aromatic carbocycles. The molecule has 1 rings (SSSR count). The summed E-state index contributed by atoms with van der Waals surface area (Å²) in [7, 11) is 1.47. The molecule has 5 heteroatoms. The lowest BCUT2D eigenvalue weighted by atomic mass is 10.2. The molecule has 0 aliphatic rings. The summed E-state index contributed by atoms with van der Waals surface area (Å²) in [5, 5.41) is 8.43. The van der Waals surface area contributed by atoms with Crippen molar-refractivity contribution in [3.8, 4) is 11.8 Å². The van der Waals surface area contributed by atoms with Gasteiger partial charge in [-0.3, -0.25) is 0 Å². The van der Waals surface area contributed by atoms with Crippen LogP contribution in [0, 0.1) is 23.0 Å². The minimum absolute atomic E-state index is 0.124. The van der Waals surface area contributed by atoms with Gasteiger partial charge >= 0.3 is 0 Å². The maximum atomic E-state index is 13.2. The average Bonchev–Trinajstić information content (AvgIpc) is 2.25. The van der Waals surface area contributed by atoms with Gasteiger partial charge in [0.25, 0.3) is 0 Å². The molecule has 1 aromatic rings. The van der Waals surface area contributed by atoms with Crippen molar-refractivity contribution in [1.29, 1.82) is 5.26 Å². The molecule has 3 nitrogen and oxygen atoms in total. The van der Waals surface area contributed by atoms with E-state index in [1.165, 1.54) is 25.3 Å². The normalized spacial score (nSPS) is 9.73. The first-order valence-electron chi connectivity index (χ1n) is 4.20. The number of hydrogen-bond acceptors (Lipinski definition) is 3. The van der Waals surface area contributed by atoms with Crippen LogP contribution < -0.4 is 4.74 Å². The molecule has 0 amide bonds. The Labute approximate surface area is 85.8 Å². The second-order valence-electron chi connectivity index (χ2n) is 2.69. The van der Waals surface area contributed by atoms with Gasteiger partial charge in [-0.05, 0) is 12.1 Å². The lowest BCUT2D eigenvalue weighted by Crippen LogP contribution is -2.06. The van der Waals surface area contributed by atoms with E-state index in [0.29, 0.717) is 0 Å². The molecule has 0 spiro atoms. The summed E-state index contributed by atoms with van der Waals surface area (Å²) >= 11 is 0. The molecule has 0 saturated carbocycles. The lowest BCUT2D eigenvalue weighted by Gasteiger charge is -2.07. The number of benzene rings is 1. The first-order valence-corrected chi connectivity index (χ1v) is 4.20. The Morgan fingerprint density at radius 3 is 2.60 bits per heavy atom. The van der Waals surface area contributed by atoms with Crippen molar-refractivity contribution in [1.82, 2.24) is 0 Å². The molecular formula is C10H9F2NO2. The molecule has 0 fully saturated rings. The van der Waals surface area contributed by atoms with Gasteiger partial charge in [0.15, 0.2) is 11.6 Å². The molecule has 0 aliphatic heterocycles.